The van der Waals surface area contributed by atoms with Crippen molar-refractivity contribution in [1.82, 2.24) is 15.0 Å². The number of nitrogens with one attached hydrogen (secondary N) is 1. The van der Waals surface area contributed by atoms with Gasteiger partial charge in [0.1, 0.15) is 12.1 Å². The first-order valence-corrected chi connectivity index (χ1v) is 6.73. The Balaban J connectivity index is 2.08. The molecule has 1 aliphatic rings. The van der Waals surface area contributed by atoms with E-state index in [1.54, 1.807) is 6.33 Å². The van der Waals surface area contributed by atoms with E-state index in [-0.39, 0.29) is 0 Å². The van der Waals surface area contributed by atoms with Gasteiger partial charge in [0.25, 0.3) is 0 Å². The molecule has 0 unspecified atom stereocenters. The van der Waals surface area contributed by atoms with Gasteiger partial charge in [0, 0.05) is 23.5 Å². The lowest BCUT2D eigenvalue weighted by molar-refractivity contribution is 0.887. The molecule has 0 aromatic carbocycles. The first kappa shape index (κ1) is 12.7. The number of rotatable bonds is 3. The third-order valence-electron chi connectivity index (χ3n) is 3.15. The molecule has 0 aliphatic carbocycles. The molecule has 1 aliphatic heterocycles. The Morgan fingerprint density at radius 2 is 2.05 bits per heavy atom. The summed E-state index contributed by atoms with van der Waals surface area (Å²) in [6.45, 7) is 6.84. The summed E-state index contributed by atoms with van der Waals surface area (Å²) >= 11 is 0. The van der Waals surface area contributed by atoms with Gasteiger partial charge in [-0.3, -0.25) is 4.99 Å². The van der Waals surface area contributed by atoms with Crippen LogP contribution in [0.25, 0.3) is 0 Å². The van der Waals surface area contributed by atoms with Crippen LogP contribution >= 0.6 is 0 Å². The number of hydrogen-bond acceptors (Lipinski definition) is 5. The molecular formula is C15H17N5. The number of aryl methyl sites for hydroxylation is 1. The molecule has 0 saturated heterocycles. The van der Waals surface area contributed by atoms with E-state index in [0.29, 0.717) is 12.6 Å². The van der Waals surface area contributed by atoms with E-state index in [1.807, 2.05) is 25.3 Å². The smallest absolute Gasteiger partial charge is 0.136 e. The van der Waals surface area contributed by atoms with Crippen LogP contribution in [0.15, 0.2) is 29.6 Å². The predicted octanol–water partition coefficient (Wildman–Crippen LogP) is 2.35. The van der Waals surface area contributed by atoms with Crippen molar-refractivity contribution in [1.29, 1.82) is 0 Å². The molecule has 0 radical (unpaired) electrons. The van der Waals surface area contributed by atoms with Gasteiger partial charge in [-0.05, 0) is 38.5 Å². The number of fused-ring (bicyclic) bond motifs is 1. The van der Waals surface area contributed by atoms with Gasteiger partial charge in [-0.1, -0.05) is 0 Å². The molecule has 0 atom stereocenters. The zero-order valence-electron chi connectivity index (χ0n) is 11.9. The molecule has 0 bridgehead atoms. The van der Waals surface area contributed by atoms with Crippen molar-refractivity contribution in [3.63, 3.8) is 0 Å². The minimum atomic E-state index is 0.322. The molecule has 0 fully saturated rings. The average molecular weight is 267 g/mol. The van der Waals surface area contributed by atoms with Crippen LogP contribution in [0.1, 0.15) is 36.4 Å². The van der Waals surface area contributed by atoms with Crippen LogP contribution in [0, 0.1) is 6.92 Å². The van der Waals surface area contributed by atoms with Crippen LogP contribution in [-0.2, 0) is 6.54 Å². The average Bonchev–Trinajstić information content (AvgIpc) is 2.83. The highest BCUT2D eigenvalue weighted by Gasteiger charge is 2.23. The van der Waals surface area contributed by atoms with Gasteiger partial charge >= 0.3 is 0 Å². The van der Waals surface area contributed by atoms with Gasteiger partial charge < -0.3 is 5.32 Å². The third kappa shape index (κ3) is 2.27. The normalized spacial score (nSPS) is 13.3. The molecule has 0 saturated carbocycles. The number of nitrogens with zero attached hydrogens (tertiary/aromatic N) is 4. The zero-order valence-corrected chi connectivity index (χ0v) is 11.9. The molecule has 1 N–H and O–H groups in total. The molecule has 5 heteroatoms. The van der Waals surface area contributed by atoms with Gasteiger partial charge in [-0.25, -0.2) is 15.0 Å². The molecule has 2 aromatic heterocycles. The standard InChI is InChI=1S/C15H17N5/c1-9(2)20-15-13-11(4-5-16-15)7-17-14(13)12-6-10(3)18-8-19-12/h4-6,8-9H,7H2,1-3H3,(H,16,20). The summed E-state index contributed by atoms with van der Waals surface area (Å²) < 4.78 is 0. The van der Waals surface area contributed by atoms with Crippen LogP contribution in [0.4, 0.5) is 5.82 Å². The molecule has 3 rings (SSSR count). The summed E-state index contributed by atoms with van der Waals surface area (Å²) in [4.78, 5) is 17.6. The van der Waals surface area contributed by atoms with Crippen molar-refractivity contribution in [2.45, 2.75) is 33.4 Å². The molecule has 3 heterocycles. The van der Waals surface area contributed by atoms with Gasteiger partial charge in [0.15, 0.2) is 0 Å². The van der Waals surface area contributed by atoms with E-state index in [4.69, 9.17) is 0 Å². The fourth-order valence-electron chi connectivity index (χ4n) is 2.32. The fraction of sp³-hybridized carbons (Fsp3) is 0.333. The maximum Gasteiger partial charge on any atom is 0.136 e. The second-order valence-electron chi connectivity index (χ2n) is 5.20. The SMILES string of the molecule is Cc1cc(C2=NCc3ccnc(NC(C)C)c32)ncn1. The summed E-state index contributed by atoms with van der Waals surface area (Å²) in [6, 6.07) is 4.30. The highest BCUT2D eigenvalue weighted by molar-refractivity contribution is 6.16. The minimum Gasteiger partial charge on any atom is -0.367 e. The second kappa shape index (κ2) is 5.00. The highest BCUT2D eigenvalue weighted by Crippen LogP contribution is 2.27. The van der Waals surface area contributed by atoms with E-state index < -0.39 is 0 Å². The minimum absolute atomic E-state index is 0.322. The Morgan fingerprint density at radius 1 is 1.20 bits per heavy atom. The van der Waals surface area contributed by atoms with Crippen LogP contribution in [0.2, 0.25) is 0 Å². The lowest BCUT2D eigenvalue weighted by Gasteiger charge is -2.14. The van der Waals surface area contributed by atoms with Crippen molar-refractivity contribution in [2.75, 3.05) is 5.32 Å². The van der Waals surface area contributed by atoms with E-state index in [0.717, 1.165) is 28.5 Å². The van der Waals surface area contributed by atoms with Gasteiger partial charge in [0.2, 0.25) is 0 Å². The number of aromatic nitrogens is 3. The maximum atomic E-state index is 4.63. The Kier molecular flexibility index (Phi) is 3.18. The van der Waals surface area contributed by atoms with Crippen LogP contribution in [0.3, 0.4) is 0 Å². The van der Waals surface area contributed by atoms with Crippen molar-refractivity contribution in [3.8, 4) is 0 Å². The number of hydrogen-bond donors (Lipinski definition) is 1. The monoisotopic (exact) mass is 267 g/mol. The first-order chi connectivity index (χ1) is 9.65. The fourth-order valence-corrected chi connectivity index (χ4v) is 2.32. The predicted molar refractivity (Wildman–Crippen MR) is 79.1 cm³/mol. The number of anilines is 1. The summed E-state index contributed by atoms with van der Waals surface area (Å²) in [5.41, 5.74) is 4.96. The maximum absolute atomic E-state index is 4.63. The van der Waals surface area contributed by atoms with Crippen LogP contribution in [-0.4, -0.2) is 26.7 Å². The Hall–Kier alpha value is -2.30. The summed E-state index contributed by atoms with van der Waals surface area (Å²) in [7, 11) is 0. The third-order valence-corrected chi connectivity index (χ3v) is 3.15. The Morgan fingerprint density at radius 3 is 2.80 bits per heavy atom. The van der Waals surface area contributed by atoms with E-state index >= 15 is 0 Å². The summed E-state index contributed by atoms with van der Waals surface area (Å²) in [5.74, 6) is 0.880. The molecule has 0 spiro atoms. The zero-order chi connectivity index (χ0) is 14.1. The van der Waals surface area contributed by atoms with E-state index in [1.165, 1.54) is 5.56 Å². The quantitative estimate of drug-likeness (QED) is 0.927. The van der Waals surface area contributed by atoms with Crippen LogP contribution < -0.4 is 5.32 Å². The van der Waals surface area contributed by atoms with Crippen molar-refractivity contribution < 1.29 is 0 Å². The van der Waals surface area contributed by atoms with Crippen molar-refractivity contribution in [2.24, 2.45) is 4.99 Å². The van der Waals surface area contributed by atoms with Crippen molar-refractivity contribution in [3.05, 3.63) is 47.2 Å². The lowest BCUT2D eigenvalue weighted by Crippen LogP contribution is -2.16. The van der Waals surface area contributed by atoms with Gasteiger partial charge in [-0.2, -0.15) is 0 Å². The molecule has 102 valence electrons. The largest absolute Gasteiger partial charge is 0.367 e. The second-order valence-corrected chi connectivity index (χ2v) is 5.20. The molecular weight excluding hydrogens is 250 g/mol. The summed E-state index contributed by atoms with van der Waals surface area (Å²) in [5, 5.41) is 3.38. The molecule has 5 nitrogen and oxygen atoms in total. The lowest BCUT2D eigenvalue weighted by atomic mass is 10.0. The Labute approximate surface area is 118 Å². The van der Waals surface area contributed by atoms with Crippen LogP contribution in [0.5, 0.6) is 0 Å². The first-order valence-electron chi connectivity index (χ1n) is 6.73. The highest BCUT2D eigenvalue weighted by atomic mass is 15.0. The van der Waals surface area contributed by atoms with E-state index in [2.05, 4.69) is 39.1 Å². The molecule has 20 heavy (non-hydrogen) atoms. The Bertz CT molecular complexity index is 676. The number of pyridine rings is 1. The number of aliphatic imine (C=N–C) groups is 1. The van der Waals surface area contributed by atoms with Gasteiger partial charge in [0.05, 0.1) is 18.0 Å². The van der Waals surface area contributed by atoms with Crippen molar-refractivity contribution >= 4 is 11.5 Å². The topological polar surface area (TPSA) is 63.1 Å². The molecule has 2 aromatic rings. The molecule has 0 amide bonds. The van der Waals surface area contributed by atoms with E-state index in [9.17, 15) is 0 Å². The summed E-state index contributed by atoms with van der Waals surface area (Å²) in [6.07, 6.45) is 3.41. The van der Waals surface area contributed by atoms with Gasteiger partial charge in [-0.15, -0.1) is 0 Å².